The molecule has 0 aliphatic carbocycles. The van der Waals surface area contributed by atoms with E-state index in [1.807, 2.05) is 0 Å². The number of imidazole rings is 1. The summed E-state index contributed by atoms with van der Waals surface area (Å²) >= 11 is 0. The van der Waals surface area contributed by atoms with Gasteiger partial charge in [-0.05, 0) is 4.92 Å². The van der Waals surface area contributed by atoms with Crippen molar-refractivity contribution in [2.75, 3.05) is 7.11 Å². The Morgan fingerprint density at radius 3 is 2.85 bits per heavy atom. The summed E-state index contributed by atoms with van der Waals surface area (Å²) in [6, 6.07) is 0. The highest BCUT2D eigenvalue weighted by Crippen LogP contribution is 2.13. The lowest BCUT2D eigenvalue weighted by atomic mass is 10.7. The number of carbonyl (C=O) groups excluding carboxylic acids is 1. The lowest BCUT2D eigenvalue weighted by molar-refractivity contribution is -0.391. The number of nitro groups is 1. The predicted octanol–water partition coefficient (Wildman–Crippen LogP) is 0.714. The first-order chi connectivity index (χ1) is 6.07. The van der Waals surface area contributed by atoms with Crippen LogP contribution in [0.5, 0.6) is 0 Å². The second-order valence-corrected chi connectivity index (χ2v) is 2.23. The normalized spacial score (nSPS) is 9.69. The van der Waals surface area contributed by atoms with Gasteiger partial charge in [0.25, 0.3) is 0 Å². The van der Waals surface area contributed by atoms with Crippen LogP contribution in [0.2, 0.25) is 0 Å². The summed E-state index contributed by atoms with van der Waals surface area (Å²) in [7, 11) is 1.14. The van der Waals surface area contributed by atoms with Gasteiger partial charge < -0.3 is 14.9 Å². The van der Waals surface area contributed by atoms with E-state index in [2.05, 4.69) is 9.72 Å². The minimum absolute atomic E-state index is 0.221. The van der Waals surface area contributed by atoms with Gasteiger partial charge in [-0.15, -0.1) is 4.57 Å². The second-order valence-electron chi connectivity index (χ2n) is 2.23. The standard InChI is InChI=1S/C6H7N3O4/c1-4-7-3-5(9(11)12)8(4)6(10)13-2/h3H,1-2H3. The Labute approximate surface area is 73.1 Å². The van der Waals surface area contributed by atoms with Gasteiger partial charge >= 0.3 is 11.9 Å². The van der Waals surface area contributed by atoms with Crippen molar-refractivity contribution < 1.29 is 14.5 Å². The number of hydrogen-bond donors (Lipinski definition) is 0. The van der Waals surface area contributed by atoms with E-state index in [-0.39, 0.29) is 5.82 Å². The van der Waals surface area contributed by atoms with Crippen molar-refractivity contribution in [2.45, 2.75) is 6.92 Å². The molecule has 0 fully saturated rings. The van der Waals surface area contributed by atoms with Crippen LogP contribution >= 0.6 is 0 Å². The highest BCUT2D eigenvalue weighted by Gasteiger charge is 2.24. The molecule has 0 atom stereocenters. The van der Waals surface area contributed by atoms with Gasteiger partial charge in [0.1, 0.15) is 6.20 Å². The Morgan fingerprint density at radius 1 is 1.77 bits per heavy atom. The molecule has 1 rings (SSSR count). The molecule has 0 N–H and O–H groups in total. The average Bonchev–Trinajstić information content (AvgIpc) is 2.46. The molecular formula is C6H7N3O4. The van der Waals surface area contributed by atoms with Crippen LogP contribution in [0.25, 0.3) is 0 Å². The van der Waals surface area contributed by atoms with E-state index < -0.39 is 16.8 Å². The van der Waals surface area contributed by atoms with Gasteiger partial charge in [-0.3, -0.25) is 0 Å². The monoisotopic (exact) mass is 185 g/mol. The van der Waals surface area contributed by atoms with E-state index in [9.17, 15) is 14.9 Å². The van der Waals surface area contributed by atoms with Gasteiger partial charge in [-0.2, -0.15) is 4.79 Å². The van der Waals surface area contributed by atoms with Crippen LogP contribution in [-0.2, 0) is 4.74 Å². The minimum atomic E-state index is -0.818. The Morgan fingerprint density at radius 2 is 2.38 bits per heavy atom. The van der Waals surface area contributed by atoms with Gasteiger partial charge in [0.05, 0.1) is 7.11 Å². The van der Waals surface area contributed by atoms with Gasteiger partial charge in [0, 0.05) is 6.92 Å². The average molecular weight is 185 g/mol. The third kappa shape index (κ3) is 1.48. The van der Waals surface area contributed by atoms with Crippen molar-refractivity contribution in [3.05, 3.63) is 22.1 Å². The molecule has 0 saturated carbocycles. The zero-order valence-electron chi connectivity index (χ0n) is 7.05. The molecule has 1 aromatic heterocycles. The first kappa shape index (κ1) is 9.17. The highest BCUT2D eigenvalue weighted by atomic mass is 16.6. The Bertz CT molecular complexity index is 357. The van der Waals surface area contributed by atoms with E-state index in [4.69, 9.17) is 0 Å². The molecule has 0 amide bonds. The maximum absolute atomic E-state index is 11.0. The van der Waals surface area contributed by atoms with Crippen molar-refractivity contribution in [2.24, 2.45) is 0 Å². The third-order valence-electron chi connectivity index (χ3n) is 1.46. The van der Waals surface area contributed by atoms with Crippen molar-refractivity contribution in [3.63, 3.8) is 0 Å². The highest BCUT2D eigenvalue weighted by molar-refractivity contribution is 5.73. The SMILES string of the molecule is COC(=O)n1c([N+](=O)[O-])cnc1C. The first-order valence-corrected chi connectivity index (χ1v) is 3.35. The summed E-state index contributed by atoms with van der Waals surface area (Å²) in [5, 5.41) is 10.4. The predicted molar refractivity (Wildman–Crippen MR) is 41.4 cm³/mol. The van der Waals surface area contributed by atoms with Crippen LogP contribution in [0.4, 0.5) is 10.6 Å². The molecule has 70 valence electrons. The molecule has 0 unspecified atom stereocenters. The van der Waals surface area contributed by atoms with E-state index in [0.29, 0.717) is 0 Å². The number of carbonyl (C=O) groups is 1. The maximum Gasteiger partial charge on any atom is 0.513 e. The first-order valence-electron chi connectivity index (χ1n) is 3.35. The summed E-state index contributed by atoms with van der Waals surface area (Å²) in [5.74, 6) is -0.178. The van der Waals surface area contributed by atoms with Crippen LogP contribution in [0.1, 0.15) is 5.82 Å². The summed E-state index contributed by atoms with van der Waals surface area (Å²) < 4.78 is 5.14. The third-order valence-corrected chi connectivity index (χ3v) is 1.46. The molecule has 0 spiro atoms. The Balaban J connectivity index is 3.24. The van der Waals surface area contributed by atoms with E-state index in [1.54, 1.807) is 0 Å². The number of aryl methyl sites for hydroxylation is 1. The van der Waals surface area contributed by atoms with Gasteiger partial charge in [-0.25, -0.2) is 4.98 Å². The molecule has 7 heteroatoms. The number of nitrogens with zero attached hydrogens (tertiary/aromatic N) is 3. The van der Waals surface area contributed by atoms with Gasteiger partial charge in [0.2, 0.25) is 5.82 Å². The zero-order valence-corrected chi connectivity index (χ0v) is 7.05. The fraction of sp³-hybridized carbons (Fsp3) is 0.333. The summed E-state index contributed by atoms with van der Waals surface area (Å²) in [6.45, 7) is 1.48. The van der Waals surface area contributed by atoms with Crippen molar-refractivity contribution in [1.29, 1.82) is 0 Å². The number of aromatic nitrogens is 2. The lowest BCUT2D eigenvalue weighted by Gasteiger charge is -1.97. The number of methoxy groups -OCH3 is 1. The van der Waals surface area contributed by atoms with Crippen molar-refractivity contribution in [3.8, 4) is 0 Å². The quantitative estimate of drug-likeness (QED) is 0.475. The van der Waals surface area contributed by atoms with Crippen LogP contribution in [0.3, 0.4) is 0 Å². The molecule has 7 nitrogen and oxygen atoms in total. The largest absolute Gasteiger partial charge is 0.513 e. The molecular weight excluding hydrogens is 178 g/mol. The van der Waals surface area contributed by atoms with E-state index in [0.717, 1.165) is 17.9 Å². The summed E-state index contributed by atoms with van der Waals surface area (Å²) in [6.07, 6.45) is 0.188. The molecule has 0 bridgehead atoms. The Hall–Kier alpha value is -1.92. The van der Waals surface area contributed by atoms with Gasteiger partial charge in [0.15, 0.2) is 0 Å². The van der Waals surface area contributed by atoms with Gasteiger partial charge in [-0.1, -0.05) is 0 Å². The number of rotatable bonds is 1. The van der Waals surface area contributed by atoms with Crippen LogP contribution in [0.15, 0.2) is 6.20 Å². The molecule has 0 saturated heterocycles. The maximum atomic E-state index is 11.0. The Kier molecular flexibility index (Phi) is 2.27. The number of hydrogen-bond acceptors (Lipinski definition) is 5. The molecule has 0 aromatic carbocycles. The van der Waals surface area contributed by atoms with Crippen molar-refractivity contribution in [1.82, 2.24) is 9.55 Å². The fourth-order valence-corrected chi connectivity index (χ4v) is 0.878. The summed E-state index contributed by atoms with van der Waals surface area (Å²) in [4.78, 5) is 24.3. The molecule has 0 aliphatic rings. The molecule has 0 radical (unpaired) electrons. The topological polar surface area (TPSA) is 87.3 Å². The molecule has 1 aromatic rings. The second kappa shape index (κ2) is 3.21. The zero-order chi connectivity index (χ0) is 10.0. The molecule has 1 heterocycles. The van der Waals surface area contributed by atoms with Crippen LogP contribution < -0.4 is 0 Å². The van der Waals surface area contributed by atoms with E-state index >= 15 is 0 Å². The van der Waals surface area contributed by atoms with Crippen LogP contribution in [-0.4, -0.2) is 27.7 Å². The van der Waals surface area contributed by atoms with E-state index in [1.165, 1.54) is 6.92 Å². The fourth-order valence-electron chi connectivity index (χ4n) is 0.878. The van der Waals surface area contributed by atoms with Crippen LogP contribution in [0, 0.1) is 17.0 Å². The number of ether oxygens (including phenoxy) is 1. The lowest BCUT2D eigenvalue weighted by Crippen LogP contribution is -2.15. The summed E-state index contributed by atoms with van der Waals surface area (Å²) in [5.41, 5.74) is 0. The molecule has 13 heavy (non-hydrogen) atoms. The van der Waals surface area contributed by atoms with Crippen molar-refractivity contribution >= 4 is 11.9 Å². The minimum Gasteiger partial charge on any atom is -0.434 e. The smallest absolute Gasteiger partial charge is 0.434 e. The molecule has 0 aliphatic heterocycles.